The van der Waals surface area contributed by atoms with Crippen LogP contribution in [0.3, 0.4) is 0 Å². The van der Waals surface area contributed by atoms with Gasteiger partial charge in [0.25, 0.3) is 5.91 Å². The van der Waals surface area contributed by atoms with Crippen LogP contribution in [0.4, 0.5) is 5.82 Å². The Morgan fingerprint density at radius 1 is 1.16 bits per heavy atom. The van der Waals surface area contributed by atoms with Crippen LogP contribution in [0.5, 0.6) is 0 Å². The van der Waals surface area contributed by atoms with E-state index in [1.807, 2.05) is 0 Å². The van der Waals surface area contributed by atoms with Crippen molar-refractivity contribution >= 4 is 11.7 Å². The maximum Gasteiger partial charge on any atom is 0.272 e. The molecule has 1 fully saturated rings. The zero-order chi connectivity index (χ0) is 13.8. The molecule has 5 nitrogen and oxygen atoms in total. The molecule has 1 saturated carbocycles. The zero-order valence-electron chi connectivity index (χ0n) is 11.8. The second-order valence-electron chi connectivity index (χ2n) is 5.64. The second kappa shape index (κ2) is 5.99. The number of rotatable bonds is 3. The molecule has 0 bridgehead atoms. The van der Waals surface area contributed by atoms with Crippen LogP contribution >= 0.6 is 0 Å². The Bertz CT molecular complexity index is 422. The van der Waals surface area contributed by atoms with Gasteiger partial charge >= 0.3 is 0 Å². The maximum atomic E-state index is 12.1. The summed E-state index contributed by atoms with van der Waals surface area (Å²) >= 11 is 0. The molecule has 1 aromatic heterocycles. The van der Waals surface area contributed by atoms with E-state index in [1.165, 1.54) is 6.42 Å². The normalized spacial score (nSPS) is 26.8. The van der Waals surface area contributed by atoms with Crippen LogP contribution in [0, 0.1) is 11.8 Å². The molecule has 104 valence electrons. The topological polar surface area (TPSA) is 66.9 Å². The van der Waals surface area contributed by atoms with Crippen molar-refractivity contribution in [2.45, 2.75) is 39.2 Å². The molecule has 0 aromatic carbocycles. The van der Waals surface area contributed by atoms with Crippen LogP contribution in [0.2, 0.25) is 0 Å². The molecule has 19 heavy (non-hydrogen) atoms. The van der Waals surface area contributed by atoms with Crippen molar-refractivity contribution in [3.05, 3.63) is 17.8 Å². The van der Waals surface area contributed by atoms with Crippen LogP contribution in [0.15, 0.2) is 12.1 Å². The molecular weight excluding hydrogens is 240 g/mol. The van der Waals surface area contributed by atoms with Crippen LogP contribution in [0.25, 0.3) is 0 Å². The average molecular weight is 262 g/mol. The van der Waals surface area contributed by atoms with E-state index in [2.05, 4.69) is 34.7 Å². The van der Waals surface area contributed by atoms with Gasteiger partial charge in [0.15, 0.2) is 5.69 Å². The summed E-state index contributed by atoms with van der Waals surface area (Å²) in [6.45, 7) is 4.49. The summed E-state index contributed by atoms with van der Waals surface area (Å²) in [6, 6.07) is 3.72. The number of carbonyl (C=O) groups is 1. The number of amides is 1. The number of nitrogens with one attached hydrogen (secondary N) is 2. The first kappa shape index (κ1) is 13.8. The summed E-state index contributed by atoms with van der Waals surface area (Å²) in [4.78, 5) is 12.1. The van der Waals surface area contributed by atoms with Crippen molar-refractivity contribution in [2.75, 3.05) is 12.4 Å². The minimum absolute atomic E-state index is 0.124. The fourth-order valence-corrected chi connectivity index (χ4v) is 2.91. The summed E-state index contributed by atoms with van der Waals surface area (Å²) in [5.41, 5.74) is 0.380. The Hall–Kier alpha value is -1.65. The van der Waals surface area contributed by atoms with E-state index in [-0.39, 0.29) is 11.9 Å². The van der Waals surface area contributed by atoms with Crippen LogP contribution in [-0.4, -0.2) is 29.2 Å². The number of aromatic nitrogens is 2. The number of carbonyl (C=O) groups excluding carboxylic acids is 1. The van der Waals surface area contributed by atoms with Crippen molar-refractivity contribution in [3.8, 4) is 0 Å². The lowest BCUT2D eigenvalue weighted by Gasteiger charge is -2.31. The third-order valence-electron chi connectivity index (χ3n) is 3.67. The Morgan fingerprint density at radius 2 is 1.84 bits per heavy atom. The molecule has 0 spiro atoms. The molecule has 1 aliphatic rings. The average Bonchev–Trinajstić information content (AvgIpc) is 2.37. The first-order valence-corrected chi connectivity index (χ1v) is 6.90. The first-order valence-electron chi connectivity index (χ1n) is 6.90. The molecule has 1 amide bonds. The van der Waals surface area contributed by atoms with Gasteiger partial charge in [0.1, 0.15) is 5.82 Å². The van der Waals surface area contributed by atoms with Gasteiger partial charge in [-0.05, 0) is 43.2 Å². The summed E-state index contributed by atoms with van der Waals surface area (Å²) in [5, 5.41) is 13.8. The van der Waals surface area contributed by atoms with Crippen molar-refractivity contribution in [1.82, 2.24) is 15.5 Å². The fourth-order valence-electron chi connectivity index (χ4n) is 2.91. The van der Waals surface area contributed by atoms with E-state index in [0.717, 1.165) is 12.8 Å². The van der Waals surface area contributed by atoms with Crippen molar-refractivity contribution in [3.63, 3.8) is 0 Å². The number of hydrogen-bond donors (Lipinski definition) is 2. The largest absolute Gasteiger partial charge is 0.372 e. The van der Waals surface area contributed by atoms with Crippen LogP contribution in [0.1, 0.15) is 43.6 Å². The van der Waals surface area contributed by atoms with Gasteiger partial charge in [-0.25, -0.2) is 0 Å². The monoisotopic (exact) mass is 262 g/mol. The molecule has 1 heterocycles. The summed E-state index contributed by atoms with van der Waals surface area (Å²) < 4.78 is 0. The van der Waals surface area contributed by atoms with E-state index in [0.29, 0.717) is 23.3 Å². The quantitative estimate of drug-likeness (QED) is 0.875. The summed E-state index contributed by atoms with van der Waals surface area (Å²) in [7, 11) is 1.77. The molecule has 2 N–H and O–H groups in total. The third-order valence-corrected chi connectivity index (χ3v) is 3.67. The van der Waals surface area contributed by atoms with Crippen molar-refractivity contribution in [1.29, 1.82) is 0 Å². The van der Waals surface area contributed by atoms with E-state index in [9.17, 15) is 4.79 Å². The molecule has 5 heteroatoms. The van der Waals surface area contributed by atoms with Gasteiger partial charge in [-0.3, -0.25) is 4.79 Å². The van der Waals surface area contributed by atoms with Gasteiger partial charge in [0, 0.05) is 13.1 Å². The minimum atomic E-state index is -0.124. The SMILES string of the molecule is CNc1ccc(C(=O)NC2CC(C)CC(C)C2)nn1. The van der Waals surface area contributed by atoms with Crippen molar-refractivity contribution in [2.24, 2.45) is 11.8 Å². The second-order valence-corrected chi connectivity index (χ2v) is 5.64. The summed E-state index contributed by atoms with van der Waals surface area (Å²) in [5.74, 6) is 1.89. The van der Waals surface area contributed by atoms with E-state index < -0.39 is 0 Å². The van der Waals surface area contributed by atoms with E-state index >= 15 is 0 Å². The lowest BCUT2D eigenvalue weighted by atomic mass is 9.80. The molecule has 2 rings (SSSR count). The first-order chi connectivity index (χ1) is 9.08. The Balaban J connectivity index is 1.96. The minimum Gasteiger partial charge on any atom is -0.372 e. The van der Waals surface area contributed by atoms with E-state index in [1.54, 1.807) is 19.2 Å². The molecule has 0 radical (unpaired) electrons. The van der Waals surface area contributed by atoms with Crippen LogP contribution in [-0.2, 0) is 0 Å². The third kappa shape index (κ3) is 3.66. The number of anilines is 1. The smallest absolute Gasteiger partial charge is 0.272 e. The van der Waals surface area contributed by atoms with Gasteiger partial charge in [0.2, 0.25) is 0 Å². The van der Waals surface area contributed by atoms with E-state index in [4.69, 9.17) is 0 Å². The fraction of sp³-hybridized carbons (Fsp3) is 0.643. The zero-order valence-corrected chi connectivity index (χ0v) is 11.8. The van der Waals surface area contributed by atoms with Gasteiger partial charge in [-0.1, -0.05) is 13.8 Å². The molecule has 0 saturated heterocycles. The highest BCUT2D eigenvalue weighted by atomic mass is 16.2. The van der Waals surface area contributed by atoms with Gasteiger partial charge in [-0.2, -0.15) is 0 Å². The lowest BCUT2D eigenvalue weighted by molar-refractivity contribution is 0.0905. The Labute approximate surface area is 114 Å². The predicted octanol–water partition coefficient (Wildman–Crippen LogP) is 2.07. The molecule has 1 aromatic rings. The molecular formula is C14H22N4O. The maximum absolute atomic E-state index is 12.1. The Kier molecular flexibility index (Phi) is 4.35. The van der Waals surface area contributed by atoms with Gasteiger partial charge in [0.05, 0.1) is 0 Å². The Morgan fingerprint density at radius 3 is 2.37 bits per heavy atom. The highest BCUT2D eigenvalue weighted by Crippen LogP contribution is 2.28. The molecule has 1 aliphatic carbocycles. The highest BCUT2D eigenvalue weighted by Gasteiger charge is 2.25. The molecule has 2 unspecified atom stereocenters. The van der Waals surface area contributed by atoms with Gasteiger partial charge in [-0.15, -0.1) is 10.2 Å². The lowest BCUT2D eigenvalue weighted by Crippen LogP contribution is -2.40. The number of nitrogens with zero attached hydrogens (tertiary/aromatic N) is 2. The predicted molar refractivity (Wildman–Crippen MR) is 75.0 cm³/mol. The standard InChI is InChI=1S/C14H22N4O/c1-9-6-10(2)8-11(7-9)16-14(19)12-4-5-13(15-3)18-17-12/h4-5,9-11H,6-8H2,1-3H3,(H,15,18)(H,16,19). The number of hydrogen-bond acceptors (Lipinski definition) is 4. The van der Waals surface area contributed by atoms with Crippen molar-refractivity contribution < 1.29 is 4.79 Å². The molecule has 0 aliphatic heterocycles. The molecule has 2 atom stereocenters. The summed E-state index contributed by atoms with van der Waals surface area (Å²) in [6.07, 6.45) is 3.36. The van der Waals surface area contributed by atoms with Crippen LogP contribution < -0.4 is 10.6 Å². The highest BCUT2D eigenvalue weighted by molar-refractivity contribution is 5.92. The van der Waals surface area contributed by atoms with Gasteiger partial charge < -0.3 is 10.6 Å².